The summed E-state index contributed by atoms with van der Waals surface area (Å²) in [6.07, 6.45) is 2.06. The van der Waals surface area contributed by atoms with Crippen molar-refractivity contribution >= 4 is 17.6 Å². The molecule has 2 atom stereocenters. The van der Waals surface area contributed by atoms with Gasteiger partial charge in [0, 0.05) is 11.6 Å². The molecule has 30 heavy (non-hydrogen) atoms. The number of hydrogen-bond acceptors (Lipinski definition) is 3. The topological polar surface area (TPSA) is 55.4 Å². The van der Waals surface area contributed by atoms with Gasteiger partial charge in [-0.2, -0.15) is 0 Å². The summed E-state index contributed by atoms with van der Waals surface area (Å²) in [6.45, 7) is 8.25. The van der Waals surface area contributed by atoms with E-state index in [-0.39, 0.29) is 25.0 Å². The highest BCUT2D eigenvalue weighted by Gasteiger charge is 2.39. The van der Waals surface area contributed by atoms with Gasteiger partial charge >= 0.3 is 5.97 Å². The van der Waals surface area contributed by atoms with Crippen LogP contribution >= 0.6 is 0 Å². The molecule has 1 aliphatic rings. The van der Waals surface area contributed by atoms with E-state index in [1.54, 1.807) is 0 Å². The van der Waals surface area contributed by atoms with Crippen LogP contribution in [0.5, 0.6) is 0 Å². The normalized spacial score (nSPS) is 21.1. The number of esters is 1. The van der Waals surface area contributed by atoms with Crippen molar-refractivity contribution in [3.8, 4) is 0 Å². The summed E-state index contributed by atoms with van der Waals surface area (Å²) in [5.74, 6) is 0.0545. The fourth-order valence-corrected chi connectivity index (χ4v) is 4.64. The minimum atomic E-state index is -0.230. The first-order valence-electron chi connectivity index (χ1n) is 10.8. The minimum Gasteiger partial charge on any atom is -0.462 e. The third-order valence-corrected chi connectivity index (χ3v) is 6.06. The quantitative estimate of drug-likeness (QED) is 0.551. The molecule has 0 aliphatic carbocycles. The highest BCUT2D eigenvalue weighted by Crippen LogP contribution is 2.31. The molecule has 2 aromatic rings. The largest absolute Gasteiger partial charge is 0.462 e. The van der Waals surface area contributed by atoms with Gasteiger partial charge in [-0.25, -0.2) is 4.79 Å². The summed E-state index contributed by atoms with van der Waals surface area (Å²) < 4.78 is 5.70. The summed E-state index contributed by atoms with van der Waals surface area (Å²) in [6, 6.07) is 16.4. The molecule has 2 unspecified atom stereocenters. The van der Waals surface area contributed by atoms with Crippen LogP contribution in [0.2, 0.25) is 0 Å². The molecule has 0 bridgehead atoms. The van der Waals surface area contributed by atoms with Crippen LogP contribution in [-0.4, -0.2) is 49.1 Å². The first kappa shape index (κ1) is 22.0. The first-order chi connectivity index (χ1) is 14.4. The zero-order valence-corrected chi connectivity index (χ0v) is 18.3. The Kier molecular flexibility index (Phi) is 7.27. The lowest BCUT2D eigenvalue weighted by Gasteiger charge is -2.43. The summed E-state index contributed by atoms with van der Waals surface area (Å²) in [4.78, 5) is 25.5. The Labute approximate surface area is 179 Å². The Morgan fingerprint density at radius 3 is 2.40 bits per heavy atom. The van der Waals surface area contributed by atoms with Gasteiger partial charge < -0.3 is 14.5 Å². The van der Waals surface area contributed by atoms with E-state index < -0.39 is 0 Å². The average molecular weight is 410 g/mol. The number of rotatable bonds is 7. The molecule has 1 N–H and O–H groups in total. The Morgan fingerprint density at radius 1 is 1.03 bits per heavy atom. The zero-order valence-electron chi connectivity index (χ0n) is 18.3. The number of anilines is 1. The first-order valence-corrected chi connectivity index (χ1v) is 10.8. The Bertz CT molecular complexity index is 861. The number of likely N-dealkylation sites (tertiary alicyclic amines) is 1. The van der Waals surface area contributed by atoms with Gasteiger partial charge in [0.2, 0.25) is 0 Å². The number of aryl methyl sites for hydroxylation is 2. The number of carbonyl (C=O) groups is 2. The predicted octanol–water partition coefficient (Wildman–Crippen LogP) is 4.20. The molecule has 0 saturated carbocycles. The van der Waals surface area contributed by atoms with Crippen molar-refractivity contribution in [1.29, 1.82) is 0 Å². The predicted molar refractivity (Wildman–Crippen MR) is 119 cm³/mol. The molecule has 1 saturated heterocycles. The van der Waals surface area contributed by atoms with Crippen LogP contribution in [0.1, 0.15) is 42.4 Å². The number of piperidine rings is 1. The van der Waals surface area contributed by atoms with E-state index in [0.29, 0.717) is 17.0 Å². The van der Waals surface area contributed by atoms with Crippen molar-refractivity contribution in [2.45, 2.75) is 39.5 Å². The monoisotopic (exact) mass is 409 g/mol. The third kappa shape index (κ3) is 5.48. The second-order valence-corrected chi connectivity index (χ2v) is 8.43. The maximum Gasteiger partial charge on any atom is 0.361 e. The molecule has 1 heterocycles. The Balaban J connectivity index is 1.81. The van der Waals surface area contributed by atoms with Gasteiger partial charge in [-0.05, 0) is 50.3 Å². The van der Waals surface area contributed by atoms with E-state index in [1.807, 2.05) is 45.0 Å². The fraction of sp³-hybridized carbons (Fsp3) is 0.440. The fourth-order valence-electron chi connectivity index (χ4n) is 4.64. The Morgan fingerprint density at radius 2 is 1.73 bits per heavy atom. The number of quaternary nitrogens is 1. The Hall–Kier alpha value is -2.66. The molecule has 1 aliphatic heterocycles. The molecule has 5 nitrogen and oxygen atoms in total. The van der Waals surface area contributed by atoms with Crippen LogP contribution in [0, 0.1) is 13.8 Å². The van der Waals surface area contributed by atoms with Gasteiger partial charge in [0.15, 0.2) is 13.1 Å². The van der Waals surface area contributed by atoms with Gasteiger partial charge in [0.25, 0.3) is 5.91 Å². The molecule has 0 aromatic heterocycles. The van der Waals surface area contributed by atoms with Crippen molar-refractivity contribution < 1.29 is 18.8 Å². The molecule has 0 radical (unpaired) electrons. The summed E-state index contributed by atoms with van der Waals surface area (Å²) in [5.41, 5.74) is 4.23. The van der Waals surface area contributed by atoms with Crippen molar-refractivity contribution in [3.63, 3.8) is 0 Å². The maximum atomic E-state index is 13.1. The molecular weight excluding hydrogens is 376 g/mol. The molecule has 1 fully saturated rings. The number of nitrogens with zero attached hydrogens (tertiary/aromatic N) is 1. The van der Waals surface area contributed by atoms with Gasteiger partial charge in [0.1, 0.15) is 0 Å². The summed E-state index contributed by atoms with van der Waals surface area (Å²) >= 11 is 0. The summed E-state index contributed by atoms with van der Waals surface area (Å²) in [5, 5.41) is 3.10. The number of carbonyl (C=O) groups excluding carboxylic acids is 2. The lowest BCUT2D eigenvalue weighted by atomic mass is 9.89. The zero-order chi connectivity index (χ0) is 21.6. The van der Waals surface area contributed by atoms with Crippen LogP contribution in [-0.2, 0) is 14.3 Å². The smallest absolute Gasteiger partial charge is 0.361 e. The van der Waals surface area contributed by atoms with Crippen LogP contribution in [0.3, 0.4) is 0 Å². The van der Waals surface area contributed by atoms with E-state index in [9.17, 15) is 9.59 Å². The van der Waals surface area contributed by atoms with Gasteiger partial charge in [-0.1, -0.05) is 48.5 Å². The number of para-hydroxylation sites is 1. The van der Waals surface area contributed by atoms with Gasteiger partial charge in [-0.15, -0.1) is 0 Å². The lowest BCUT2D eigenvalue weighted by Crippen LogP contribution is -2.59. The van der Waals surface area contributed by atoms with Crippen LogP contribution in [0.4, 0.5) is 5.69 Å². The van der Waals surface area contributed by atoms with E-state index in [1.165, 1.54) is 5.56 Å². The van der Waals surface area contributed by atoms with E-state index in [0.717, 1.165) is 42.7 Å². The SMILES string of the molecule is CCOC(=O)C[N+]1(CC(=O)Nc2c(C)cccc2C)CCCC(c2ccccc2)C1. The molecular formula is C25H33N2O3+. The van der Waals surface area contributed by atoms with Crippen molar-refractivity contribution in [1.82, 2.24) is 0 Å². The third-order valence-electron chi connectivity index (χ3n) is 6.06. The molecule has 5 heteroatoms. The average Bonchev–Trinajstić information content (AvgIpc) is 2.71. The van der Waals surface area contributed by atoms with Crippen LogP contribution < -0.4 is 5.32 Å². The van der Waals surface area contributed by atoms with Gasteiger partial charge in [0.05, 0.1) is 19.7 Å². The highest BCUT2D eigenvalue weighted by atomic mass is 16.5. The van der Waals surface area contributed by atoms with E-state index in [2.05, 4.69) is 29.6 Å². The number of amides is 1. The second-order valence-electron chi connectivity index (χ2n) is 8.43. The van der Waals surface area contributed by atoms with Crippen molar-refractivity contribution in [3.05, 3.63) is 65.2 Å². The minimum absolute atomic E-state index is 0.0505. The molecule has 1 amide bonds. The van der Waals surface area contributed by atoms with Crippen LogP contribution in [0.15, 0.2) is 48.5 Å². The second kappa shape index (κ2) is 9.90. The number of nitrogens with one attached hydrogen (secondary N) is 1. The molecule has 160 valence electrons. The standard InChI is InChI=1S/C25H32N2O3/c1-4-30-24(29)18-27(15-9-14-22(16-27)21-12-6-5-7-13-21)17-23(28)26-25-19(2)10-8-11-20(25)3/h5-8,10-13,22H,4,9,14-18H2,1-3H3/p+1. The number of hydrogen-bond donors (Lipinski definition) is 1. The van der Waals surface area contributed by atoms with E-state index >= 15 is 0 Å². The maximum absolute atomic E-state index is 13.1. The molecule has 3 rings (SSSR count). The summed E-state index contributed by atoms with van der Waals surface area (Å²) in [7, 11) is 0. The molecule has 2 aromatic carbocycles. The highest BCUT2D eigenvalue weighted by molar-refractivity contribution is 5.93. The van der Waals surface area contributed by atoms with Crippen molar-refractivity contribution in [2.75, 3.05) is 38.1 Å². The van der Waals surface area contributed by atoms with Gasteiger partial charge in [-0.3, -0.25) is 4.79 Å². The van der Waals surface area contributed by atoms with E-state index in [4.69, 9.17) is 4.74 Å². The number of benzene rings is 2. The molecule has 0 spiro atoms. The van der Waals surface area contributed by atoms with Crippen LogP contribution in [0.25, 0.3) is 0 Å². The number of ether oxygens (including phenoxy) is 1. The lowest BCUT2D eigenvalue weighted by molar-refractivity contribution is -0.919. The van der Waals surface area contributed by atoms with Crippen molar-refractivity contribution in [2.24, 2.45) is 0 Å².